The summed E-state index contributed by atoms with van der Waals surface area (Å²) in [6.07, 6.45) is 4.08. The number of imidazole rings is 1. The molecule has 2 nitrogen and oxygen atoms in total. The number of rotatable bonds is 1. The van der Waals surface area contributed by atoms with Crippen molar-refractivity contribution in [1.29, 1.82) is 0 Å². The van der Waals surface area contributed by atoms with Gasteiger partial charge in [0.05, 0.1) is 11.9 Å². The summed E-state index contributed by atoms with van der Waals surface area (Å²) in [7, 11) is 0. The molecule has 0 N–H and O–H groups in total. The van der Waals surface area contributed by atoms with E-state index in [1.54, 1.807) is 11.3 Å². The van der Waals surface area contributed by atoms with Crippen molar-refractivity contribution in [3.8, 4) is 11.3 Å². The zero-order chi connectivity index (χ0) is 11.1. The van der Waals surface area contributed by atoms with Crippen LogP contribution in [0.15, 0.2) is 36.7 Å². The second-order valence-corrected chi connectivity index (χ2v) is 5.22. The summed E-state index contributed by atoms with van der Waals surface area (Å²) >= 11 is 1.72. The van der Waals surface area contributed by atoms with E-state index in [2.05, 4.69) is 53.7 Å². The second-order valence-electron chi connectivity index (χ2n) is 4.00. The fourth-order valence-electron chi connectivity index (χ4n) is 1.83. The maximum Gasteiger partial charge on any atom is 0.194 e. The van der Waals surface area contributed by atoms with E-state index in [0.29, 0.717) is 0 Å². The van der Waals surface area contributed by atoms with Crippen molar-refractivity contribution in [2.75, 3.05) is 0 Å². The number of aryl methyl sites for hydroxylation is 2. The Balaban J connectivity index is 2.21. The van der Waals surface area contributed by atoms with Crippen LogP contribution in [0.3, 0.4) is 0 Å². The first kappa shape index (κ1) is 9.60. The third-order valence-corrected chi connectivity index (χ3v) is 3.59. The van der Waals surface area contributed by atoms with Gasteiger partial charge in [-0.25, -0.2) is 4.98 Å². The molecule has 0 aliphatic carbocycles. The number of thiazole rings is 1. The Kier molecular flexibility index (Phi) is 2.07. The predicted molar refractivity (Wildman–Crippen MR) is 68.0 cm³/mol. The Morgan fingerprint density at radius 1 is 1.12 bits per heavy atom. The van der Waals surface area contributed by atoms with Gasteiger partial charge in [0.2, 0.25) is 0 Å². The summed E-state index contributed by atoms with van der Waals surface area (Å²) in [5.74, 6) is 0. The van der Waals surface area contributed by atoms with E-state index in [0.717, 1.165) is 4.96 Å². The Bertz CT molecular complexity index is 632. The van der Waals surface area contributed by atoms with Crippen LogP contribution in [0.5, 0.6) is 0 Å². The van der Waals surface area contributed by atoms with Crippen LogP contribution in [0.4, 0.5) is 0 Å². The molecule has 16 heavy (non-hydrogen) atoms. The Labute approximate surface area is 98.2 Å². The SMILES string of the molecule is Cc1ccc(-c2cnc3sc(C)cn23)cc1. The van der Waals surface area contributed by atoms with Crippen LogP contribution in [0.1, 0.15) is 10.4 Å². The van der Waals surface area contributed by atoms with Gasteiger partial charge < -0.3 is 0 Å². The van der Waals surface area contributed by atoms with Crippen LogP contribution < -0.4 is 0 Å². The Morgan fingerprint density at radius 3 is 2.62 bits per heavy atom. The molecule has 0 bridgehead atoms. The van der Waals surface area contributed by atoms with Gasteiger partial charge in [-0.05, 0) is 13.8 Å². The molecular formula is C13H12N2S. The van der Waals surface area contributed by atoms with Crippen molar-refractivity contribution in [1.82, 2.24) is 9.38 Å². The molecule has 0 unspecified atom stereocenters. The number of nitrogens with zero attached hydrogens (tertiary/aromatic N) is 2. The molecule has 3 heteroatoms. The van der Waals surface area contributed by atoms with Gasteiger partial charge in [-0.15, -0.1) is 11.3 Å². The van der Waals surface area contributed by atoms with Gasteiger partial charge in [-0.3, -0.25) is 4.40 Å². The second kappa shape index (κ2) is 3.46. The molecule has 2 aromatic heterocycles. The summed E-state index contributed by atoms with van der Waals surface area (Å²) in [6.45, 7) is 4.21. The highest BCUT2D eigenvalue weighted by Crippen LogP contribution is 2.25. The molecule has 2 heterocycles. The first-order valence-electron chi connectivity index (χ1n) is 5.24. The standard InChI is InChI=1S/C13H12N2S/c1-9-3-5-11(6-4-9)12-7-14-13-15(12)8-10(2)16-13/h3-8H,1-2H3. The van der Waals surface area contributed by atoms with Crippen molar-refractivity contribution in [3.63, 3.8) is 0 Å². The number of hydrogen-bond donors (Lipinski definition) is 0. The lowest BCUT2D eigenvalue weighted by Crippen LogP contribution is -1.83. The first-order valence-corrected chi connectivity index (χ1v) is 6.06. The Hall–Kier alpha value is -1.61. The van der Waals surface area contributed by atoms with Gasteiger partial charge >= 0.3 is 0 Å². The van der Waals surface area contributed by atoms with E-state index in [9.17, 15) is 0 Å². The number of benzene rings is 1. The monoisotopic (exact) mass is 228 g/mol. The summed E-state index contributed by atoms with van der Waals surface area (Å²) in [4.78, 5) is 6.77. The minimum Gasteiger partial charge on any atom is -0.290 e. The van der Waals surface area contributed by atoms with Gasteiger partial charge in [-0.2, -0.15) is 0 Å². The molecule has 1 aromatic carbocycles. The van der Waals surface area contributed by atoms with Crippen molar-refractivity contribution < 1.29 is 0 Å². The topological polar surface area (TPSA) is 17.3 Å². The fourth-order valence-corrected chi connectivity index (χ4v) is 2.64. The highest BCUT2D eigenvalue weighted by atomic mass is 32.1. The van der Waals surface area contributed by atoms with Crippen molar-refractivity contribution in [2.45, 2.75) is 13.8 Å². The lowest BCUT2D eigenvalue weighted by molar-refractivity contribution is 1.22. The van der Waals surface area contributed by atoms with E-state index in [-0.39, 0.29) is 0 Å². The number of fused-ring (bicyclic) bond motifs is 1. The molecule has 80 valence electrons. The lowest BCUT2D eigenvalue weighted by atomic mass is 10.1. The molecular weight excluding hydrogens is 216 g/mol. The van der Waals surface area contributed by atoms with E-state index >= 15 is 0 Å². The van der Waals surface area contributed by atoms with Crippen LogP contribution in [0.25, 0.3) is 16.2 Å². The van der Waals surface area contributed by atoms with Gasteiger partial charge in [0.1, 0.15) is 0 Å². The molecule has 0 fully saturated rings. The zero-order valence-electron chi connectivity index (χ0n) is 9.27. The normalized spacial score (nSPS) is 11.1. The van der Waals surface area contributed by atoms with Gasteiger partial charge in [0.15, 0.2) is 4.96 Å². The highest BCUT2D eigenvalue weighted by molar-refractivity contribution is 7.17. The number of hydrogen-bond acceptors (Lipinski definition) is 2. The van der Waals surface area contributed by atoms with E-state index in [4.69, 9.17) is 0 Å². The maximum atomic E-state index is 4.42. The molecule has 0 aliphatic heterocycles. The molecule has 0 saturated heterocycles. The molecule has 3 aromatic rings. The van der Waals surface area contributed by atoms with Crippen LogP contribution >= 0.6 is 11.3 Å². The highest BCUT2D eigenvalue weighted by Gasteiger charge is 2.07. The molecule has 0 aliphatic rings. The van der Waals surface area contributed by atoms with Crippen molar-refractivity contribution in [2.24, 2.45) is 0 Å². The molecule has 0 saturated carbocycles. The minimum atomic E-state index is 1.06. The molecule has 0 spiro atoms. The summed E-state index contributed by atoms with van der Waals surface area (Å²) in [5.41, 5.74) is 3.67. The summed E-state index contributed by atoms with van der Waals surface area (Å²) in [6, 6.07) is 8.56. The Morgan fingerprint density at radius 2 is 1.88 bits per heavy atom. The first-order chi connectivity index (χ1) is 7.74. The van der Waals surface area contributed by atoms with Crippen molar-refractivity contribution in [3.05, 3.63) is 47.1 Å². The van der Waals surface area contributed by atoms with Gasteiger partial charge in [0.25, 0.3) is 0 Å². The van der Waals surface area contributed by atoms with Crippen LogP contribution in [0, 0.1) is 13.8 Å². The van der Waals surface area contributed by atoms with E-state index < -0.39 is 0 Å². The average Bonchev–Trinajstić information content (AvgIpc) is 2.78. The summed E-state index contributed by atoms with van der Waals surface area (Å²) < 4.78 is 2.16. The van der Waals surface area contributed by atoms with Gasteiger partial charge in [0, 0.05) is 16.6 Å². The van der Waals surface area contributed by atoms with E-state index in [1.165, 1.54) is 21.7 Å². The quantitative estimate of drug-likeness (QED) is 0.621. The van der Waals surface area contributed by atoms with Crippen LogP contribution in [0.2, 0.25) is 0 Å². The molecule has 0 atom stereocenters. The molecule has 0 radical (unpaired) electrons. The van der Waals surface area contributed by atoms with E-state index in [1.807, 2.05) is 6.20 Å². The van der Waals surface area contributed by atoms with Gasteiger partial charge in [-0.1, -0.05) is 29.8 Å². The predicted octanol–water partition coefficient (Wildman–Crippen LogP) is 3.68. The zero-order valence-corrected chi connectivity index (χ0v) is 10.1. The maximum absolute atomic E-state index is 4.42. The third kappa shape index (κ3) is 1.44. The minimum absolute atomic E-state index is 1.06. The fraction of sp³-hybridized carbons (Fsp3) is 0.154. The third-order valence-electron chi connectivity index (χ3n) is 2.67. The van der Waals surface area contributed by atoms with Crippen LogP contribution in [-0.4, -0.2) is 9.38 Å². The number of aromatic nitrogens is 2. The smallest absolute Gasteiger partial charge is 0.194 e. The van der Waals surface area contributed by atoms with Crippen molar-refractivity contribution >= 4 is 16.3 Å². The summed E-state index contributed by atoms with van der Waals surface area (Å²) in [5, 5.41) is 0. The lowest BCUT2D eigenvalue weighted by Gasteiger charge is -1.99. The molecule has 0 amide bonds. The molecule has 3 rings (SSSR count). The largest absolute Gasteiger partial charge is 0.290 e. The van der Waals surface area contributed by atoms with Crippen LogP contribution in [-0.2, 0) is 0 Å². The average molecular weight is 228 g/mol.